The van der Waals surface area contributed by atoms with Crippen LogP contribution >= 0.6 is 0 Å². The van der Waals surface area contributed by atoms with Crippen molar-refractivity contribution in [3.05, 3.63) is 95.1 Å². The minimum atomic E-state index is -1.05. The van der Waals surface area contributed by atoms with Crippen molar-refractivity contribution in [2.24, 2.45) is 0 Å². The zero-order chi connectivity index (χ0) is 23.9. The summed E-state index contributed by atoms with van der Waals surface area (Å²) in [6.07, 6.45) is 2.46. The van der Waals surface area contributed by atoms with Gasteiger partial charge in [-0.2, -0.15) is 0 Å². The molecule has 1 heterocycles. The lowest BCUT2D eigenvalue weighted by Gasteiger charge is -2.27. The number of nitrogens with zero attached hydrogens (tertiary/aromatic N) is 1. The van der Waals surface area contributed by atoms with Gasteiger partial charge in [0, 0.05) is 24.3 Å². The number of anilines is 1. The van der Waals surface area contributed by atoms with Crippen molar-refractivity contribution in [1.82, 2.24) is 5.32 Å². The molecule has 1 aliphatic heterocycles. The Hall–Kier alpha value is -3.80. The number of rotatable bonds is 9. The van der Waals surface area contributed by atoms with Gasteiger partial charge in [-0.15, -0.1) is 0 Å². The van der Waals surface area contributed by atoms with Crippen LogP contribution in [0, 0.1) is 0 Å². The van der Waals surface area contributed by atoms with Gasteiger partial charge in [0.25, 0.3) is 0 Å². The van der Waals surface area contributed by atoms with Crippen LogP contribution in [0.4, 0.5) is 5.69 Å². The number of amides is 1. The molecule has 2 N–H and O–H groups in total. The summed E-state index contributed by atoms with van der Waals surface area (Å²) in [5.41, 5.74) is 4.02. The highest BCUT2D eigenvalue weighted by molar-refractivity contribution is 5.91. The normalized spacial score (nSPS) is 14.0. The molecule has 0 spiro atoms. The summed E-state index contributed by atoms with van der Waals surface area (Å²) < 4.78 is 5.49. The van der Waals surface area contributed by atoms with Gasteiger partial charge in [0.2, 0.25) is 5.91 Å². The Bertz CT molecular complexity index is 1140. The Labute approximate surface area is 200 Å². The Morgan fingerprint density at radius 1 is 1.00 bits per heavy atom. The summed E-state index contributed by atoms with van der Waals surface area (Å²) in [6, 6.07) is 22.7. The number of carbonyl (C=O) groups is 2. The van der Waals surface area contributed by atoms with Crippen molar-refractivity contribution in [1.29, 1.82) is 0 Å². The number of hydrogen-bond donors (Lipinski definition) is 2. The fourth-order valence-electron chi connectivity index (χ4n) is 4.49. The smallest absolute Gasteiger partial charge is 0.339 e. The van der Waals surface area contributed by atoms with E-state index in [0.29, 0.717) is 12.2 Å². The first kappa shape index (κ1) is 23.4. The van der Waals surface area contributed by atoms with Gasteiger partial charge in [-0.3, -0.25) is 4.79 Å². The first-order chi connectivity index (χ1) is 16.6. The summed E-state index contributed by atoms with van der Waals surface area (Å²) in [4.78, 5) is 27.1. The predicted octanol–water partition coefficient (Wildman–Crippen LogP) is 4.83. The van der Waals surface area contributed by atoms with E-state index in [2.05, 4.69) is 22.3 Å². The molecule has 1 fully saturated rings. The predicted molar refractivity (Wildman–Crippen MR) is 133 cm³/mol. The number of ether oxygens (including phenoxy) is 1. The highest BCUT2D eigenvalue weighted by Gasteiger charge is 2.24. The molecule has 1 amide bonds. The minimum Gasteiger partial charge on any atom is -0.493 e. The van der Waals surface area contributed by atoms with Gasteiger partial charge in [-0.25, -0.2) is 4.79 Å². The molecule has 4 rings (SSSR count). The largest absolute Gasteiger partial charge is 0.493 e. The third-order valence-corrected chi connectivity index (χ3v) is 6.07. The number of para-hydroxylation sites is 1. The van der Waals surface area contributed by atoms with Crippen LogP contribution in [0.1, 0.15) is 52.9 Å². The van der Waals surface area contributed by atoms with Crippen LogP contribution in [-0.4, -0.2) is 36.7 Å². The summed E-state index contributed by atoms with van der Waals surface area (Å²) >= 11 is 0. The first-order valence-electron chi connectivity index (χ1n) is 11.7. The molecular formula is C28H30N2O4. The molecule has 6 heteroatoms. The second-order valence-electron chi connectivity index (χ2n) is 8.41. The lowest BCUT2D eigenvalue weighted by molar-refractivity contribution is -0.120. The highest BCUT2D eigenvalue weighted by Crippen LogP contribution is 2.33. The van der Waals surface area contributed by atoms with Crippen LogP contribution < -0.4 is 15.0 Å². The summed E-state index contributed by atoms with van der Waals surface area (Å²) in [6.45, 7) is 4.18. The van der Waals surface area contributed by atoms with Crippen LogP contribution in [0.25, 0.3) is 0 Å². The van der Waals surface area contributed by atoms with Crippen LogP contribution in [0.15, 0.2) is 72.8 Å². The number of benzene rings is 3. The van der Waals surface area contributed by atoms with E-state index in [4.69, 9.17) is 4.74 Å². The zero-order valence-electron chi connectivity index (χ0n) is 19.4. The fourth-order valence-corrected chi connectivity index (χ4v) is 4.49. The molecule has 3 aromatic rings. The molecule has 0 aliphatic carbocycles. The monoisotopic (exact) mass is 458 g/mol. The van der Waals surface area contributed by atoms with Gasteiger partial charge < -0.3 is 20.1 Å². The molecule has 0 saturated carbocycles. The molecule has 0 radical (unpaired) electrons. The minimum absolute atomic E-state index is 0.0905. The topological polar surface area (TPSA) is 78.9 Å². The quantitative estimate of drug-likeness (QED) is 0.480. The van der Waals surface area contributed by atoms with E-state index in [1.807, 2.05) is 42.5 Å². The van der Waals surface area contributed by atoms with E-state index in [9.17, 15) is 14.7 Å². The van der Waals surface area contributed by atoms with E-state index in [1.54, 1.807) is 19.1 Å². The maximum Gasteiger partial charge on any atom is 0.339 e. The molecule has 1 saturated heterocycles. The molecule has 34 heavy (non-hydrogen) atoms. The first-order valence-corrected chi connectivity index (χ1v) is 11.7. The van der Waals surface area contributed by atoms with E-state index in [-0.39, 0.29) is 29.7 Å². The molecule has 6 nitrogen and oxygen atoms in total. The zero-order valence-corrected chi connectivity index (χ0v) is 19.4. The Morgan fingerprint density at radius 3 is 2.41 bits per heavy atom. The number of carboxylic acid groups (broad SMARTS) is 1. The van der Waals surface area contributed by atoms with Crippen molar-refractivity contribution < 1.29 is 19.4 Å². The van der Waals surface area contributed by atoms with Gasteiger partial charge in [0.1, 0.15) is 11.3 Å². The van der Waals surface area contributed by atoms with E-state index in [1.165, 1.54) is 18.9 Å². The molecule has 0 bridgehead atoms. The summed E-state index contributed by atoms with van der Waals surface area (Å²) in [5, 5.41) is 12.6. The van der Waals surface area contributed by atoms with Gasteiger partial charge in [0.15, 0.2) is 0 Å². The average Bonchev–Trinajstić information content (AvgIpc) is 3.38. The molecule has 176 valence electrons. The van der Waals surface area contributed by atoms with Crippen molar-refractivity contribution >= 4 is 17.6 Å². The van der Waals surface area contributed by atoms with Gasteiger partial charge in [-0.1, -0.05) is 54.6 Å². The molecular weight excluding hydrogens is 428 g/mol. The number of hydrogen-bond acceptors (Lipinski definition) is 4. The number of nitrogens with one attached hydrogen (secondary N) is 1. The molecule has 1 unspecified atom stereocenters. The standard InChI is InChI=1S/C28H30N2O4/c1-2-34-25-18-20(14-15-23(25)28(32)33)19-26(31)29-27(21-10-4-3-5-11-21)22-12-6-7-13-24(22)30-16-8-9-17-30/h3-7,10-15,18,27H,2,8-9,16-17,19H2,1H3,(H,29,31)(H,32,33). The Balaban J connectivity index is 1.61. The van der Waals surface area contributed by atoms with E-state index >= 15 is 0 Å². The van der Waals surface area contributed by atoms with E-state index < -0.39 is 5.97 Å². The molecule has 1 atom stereocenters. The second kappa shape index (κ2) is 10.9. The number of aromatic carboxylic acids is 1. The van der Waals surface area contributed by atoms with Crippen molar-refractivity contribution in [2.75, 3.05) is 24.6 Å². The van der Waals surface area contributed by atoms with Crippen molar-refractivity contribution in [3.8, 4) is 5.75 Å². The van der Waals surface area contributed by atoms with Crippen molar-refractivity contribution in [2.45, 2.75) is 32.2 Å². The van der Waals surface area contributed by atoms with Gasteiger partial charge >= 0.3 is 5.97 Å². The molecule has 1 aliphatic rings. The maximum absolute atomic E-state index is 13.2. The van der Waals surface area contributed by atoms with Gasteiger partial charge in [0.05, 0.1) is 19.1 Å². The van der Waals surface area contributed by atoms with Gasteiger partial charge in [-0.05, 0) is 49.1 Å². The Kier molecular flexibility index (Phi) is 7.48. The third kappa shape index (κ3) is 5.39. The van der Waals surface area contributed by atoms with Crippen LogP contribution in [0.5, 0.6) is 5.75 Å². The van der Waals surface area contributed by atoms with Crippen molar-refractivity contribution in [3.63, 3.8) is 0 Å². The Morgan fingerprint density at radius 2 is 1.71 bits per heavy atom. The number of carboxylic acids is 1. The summed E-state index contributed by atoms with van der Waals surface area (Å²) in [7, 11) is 0. The molecule has 0 aromatic heterocycles. The maximum atomic E-state index is 13.2. The average molecular weight is 459 g/mol. The lowest BCUT2D eigenvalue weighted by Crippen LogP contribution is -2.32. The van der Waals surface area contributed by atoms with Crippen LogP contribution in [0.3, 0.4) is 0 Å². The van der Waals surface area contributed by atoms with Crippen LogP contribution in [0.2, 0.25) is 0 Å². The van der Waals surface area contributed by atoms with E-state index in [0.717, 1.165) is 29.9 Å². The summed E-state index contributed by atoms with van der Waals surface area (Å²) in [5.74, 6) is -0.919. The molecule has 3 aromatic carbocycles. The highest BCUT2D eigenvalue weighted by atomic mass is 16.5. The lowest BCUT2D eigenvalue weighted by atomic mass is 9.96. The number of carbonyl (C=O) groups excluding carboxylic acids is 1. The SMILES string of the molecule is CCOc1cc(CC(=O)NC(c2ccccc2)c2ccccc2N2CCCC2)ccc1C(=O)O. The van der Waals surface area contributed by atoms with Crippen LogP contribution in [-0.2, 0) is 11.2 Å². The second-order valence-corrected chi connectivity index (χ2v) is 8.41. The third-order valence-electron chi connectivity index (χ3n) is 6.07. The fraction of sp³-hybridized carbons (Fsp3) is 0.286.